The smallest absolute Gasteiger partial charge is 0.244 e. The Kier molecular flexibility index (Phi) is 11.4. The van der Waals surface area contributed by atoms with E-state index in [1.807, 2.05) is 68.4 Å². The molecule has 0 fully saturated rings. The summed E-state index contributed by atoms with van der Waals surface area (Å²) in [5, 5.41) is 3.15. The lowest BCUT2D eigenvalue weighted by Gasteiger charge is -2.34. The van der Waals surface area contributed by atoms with Crippen molar-refractivity contribution in [1.29, 1.82) is 0 Å². The van der Waals surface area contributed by atoms with E-state index < -0.39 is 28.5 Å². The maximum Gasteiger partial charge on any atom is 0.244 e. The summed E-state index contributed by atoms with van der Waals surface area (Å²) in [6, 6.07) is 20.7. The van der Waals surface area contributed by atoms with Gasteiger partial charge in [0.05, 0.1) is 22.0 Å². The number of anilines is 1. The topological polar surface area (TPSA) is 86.8 Å². The Morgan fingerprint density at radius 1 is 0.950 bits per heavy atom. The molecule has 0 bridgehead atoms. The van der Waals surface area contributed by atoms with Gasteiger partial charge in [0.15, 0.2) is 0 Å². The van der Waals surface area contributed by atoms with E-state index in [2.05, 4.69) is 5.32 Å². The summed E-state index contributed by atoms with van der Waals surface area (Å²) in [6.07, 6.45) is 2.96. The monoisotopic (exact) mass is 603 g/mol. The lowest BCUT2D eigenvalue weighted by atomic mass is 10.0. The number of hydrogen-bond donors (Lipinski definition) is 1. The third-order valence-electron chi connectivity index (χ3n) is 6.58. The minimum absolute atomic E-state index is 0.0194. The van der Waals surface area contributed by atoms with Crippen LogP contribution < -0.4 is 9.62 Å². The second-order valence-corrected chi connectivity index (χ2v) is 12.3. The molecule has 0 aliphatic rings. The summed E-state index contributed by atoms with van der Waals surface area (Å²) >= 11 is 12.5. The van der Waals surface area contributed by atoms with E-state index in [1.165, 1.54) is 17.0 Å². The number of sulfonamides is 1. The number of nitrogens with one attached hydrogen (secondary N) is 1. The molecule has 3 aromatic rings. The molecule has 40 heavy (non-hydrogen) atoms. The zero-order valence-electron chi connectivity index (χ0n) is 22.9. The van der Waals surface area contributed by atoms with Crippen LogP contribution in [0, 0.1) is 6.92 Å². The molecular weight excluding hydrogens is 569 g/mol. The zero-order chi connectivity index (χ0) is 29.3. The molecule has 1 atom stereocenters. The molecule has 3 rings (SSSR count). The van der Waals surface area contributed by atoms with Gasteiger partial charge in [-0.15, -0.1) is 0 Å². The van der Waals surface area contributed by atoms with Crippen LogP contribution in [0.4, 0.5) is 5.69 Å². The number of carbonyl (C=O) groups excluding carboxylic acids is 2. The van der Waals surface area contributed by atoms with Crippen LogP contribution in [0.15, 0.2) is 72.8 Å². The summed E-state index contributed by atoms with van der Waals surface area (Å²) in [7, 11) is -3.95. The van der Waals surface area contributed by atoms with Crippen molar-refractivity contribution in [1.82, 2.24) is 10.2 Å². The van der Waals surface area contributed by atoms with Crippen LogP contribution in [0.25, 0.3) is 0 Å². The van der Waals surface area contributed by atoms with Gasteiger partial charge in [0.25, 0.3) is 0 Å². The molecule has 0 radical (unpaired) electrons. The molecule has 3 aromatic carbocycles. The first-order chi connectivity index (χ1) is 19.0. The van der Waals surface area contributed by atoms with Crippen LogP contribution in [0.1, 0.15) is 36.5 Å². The lowest BCUT2D eigenvalue weighted by molar-refractivity contribution is -0.140. The summed E-state index contributed by atoms with van der Waals surface area (Å²) in [5.41, 5.74) is 2.76. The molecule has 10 heteroatoms. The van der Waals surface area contributed by atoms with Crippen molar-refractivity contribution in [3.8, 4) is 0 Å². The fourth-order valence-corrected chi connectivity index (χ4v) is 5.61. The van der Waals surface area contributed by atoms with Crippen LogP contribution >= 0.6 is 23.2 Å². The number of halogens is 2. The molecule has 0 aliphatic heterocycles. The predicted octanol–water partition coefficient (Wildman–Crippen LogP) is 5.62. The van der Waals surface area contributed by atoms with Crippen LogP contribution in [-0.2, 0) is 32.6 Å². The van der Waals surface area contributed by atoms with Gasteiger partial charge in [0, 0.05) is 19.5 Å². The normalized spacial score (nSPS) is 12.0. The third-order valence-corrected chi connectivity index (χ3v) is 8.52. The number of carbonyl (C=O) groups is 2. The SMILES string of the molecule is CCCCNC(=O)[C@@H](Cc1ccccc1)N(Cc1ccccc1C)C(=O)CN(c1cccc(Cl)c1Cl)S(C)(=O)=O. The first-order valence-electron chi connectivity index (χ1n) is 13.1. The number of rotatable bonds is 13. The maximum absolute atomic E-state index is 14.1. The molecule has 0 aliphatic carbocycles. The molecule has 0 saturated heterocycles. The molecule has 1 N–H and O–H groups in total. The minimum Gasteiger partial charge on any atom is -0.354 e. The summed E-state index contributed by atoms with van der Waals surface area (Å²) in [5.74, 6) is -0.845. The van der Waals surface area contributed by atoms with Gasteiger partial charge in [0.2, 0.25) is 21.8 Å². The average Bonchev–Trinajstić information content (AvgIpc) is 2.92. The molecule has 0 heterocycles. The van der Waals surface area contributed by atoms with Gasteiger partial charge in [-0.25, -0.2) is 8.42 Å². The Morgan fingerprint density at radius 3 is 2.27 bits per heavy atom. The third kappa shape index (κ3) is 8.46. The van der Waals surface area contributed by atoms with E-state index in [0.717, 1.165) is 40.1 Å². The van der Waals surface area contributed by atoms with E-state index in [9.17, 15) is 18.0 Å². The molecule has 214 valence electrons. The Hall–Kier alpha value is -3.07. The lowest BCUT2D eigenvalue weighted by Crippen LogP contribution is -2.53. The fraction of sp³-hybridized carbons (Fsp3) is 0.333. The number of amides is 2. The summed E-state index contributed by atoms with van der Waals surface area (Å²) in [6.45, 7) is 3.99. The average molecular weight is 605 g/mol. The van der Waals surface area contributed by atoms with E-state index in [0.29, 0.717) is 6.54 Å². The van der Waals surface area contributed by atoms with Gasteiger partial charge >= 0.3 is 0 Å². The van der Waals surface area contributed by atoms with Crippen molar-refractivity contribution in [2.45, 2.75) is 45.7 Å². The number of hydrogen-bond acceptors (Lipinski definition) is 4. The summed E-state index contributed by atoms with van der Waals surface area (Å²) in [4.78, 5) is 29.2. The second-order valence-electron chi connectivity index (χ2n) is 9.64. The molecule has 2 amide bonds. The molecular formula is C30H35Cl2N3O4S. The predicted molar refractivity (Wildman–Crippen MR) is 162 cm³/mol. The van der Waals surface area contributed by atoms with E-state index >= 15 is 0 Å². The maximum atomic E-state index is 14.1. The highest BCUT2D eigenvalue weighted by Crippen LogP contribution is 2.34. The van der Waals surface area contributed by atoms with Crippen molar-refractivity contribution in [2.75, 3.05) is 23.7 Å². The highest BCUT2D eigenvalue weighted by Gasteiger charge is 2.33. The standard InChI is InChI=1S/C30H35Cl2N3O4S/c1-4-5-18-33-30(37)27(19-23-13-7-6-8-14-23)34(20-24-15-10-9-12-22(24)2)28(36)21-35(40(3,38)39)26-17-11-16-25(31)29(26)32/h6-17,27H,4-5,18-21H2,1-3H3,(H,33,37)/t27-/m1/s1. The minimum atomic E-state index is -3.95. The Bertz CT molecular complexity index is 1420. The largest absolute Gasteiger partial charge is 0.354 e. The number of benzene rings is 3. The van der Waals surface area contributed by atoms with Crippen LogP contribution in [-0.4, -0.2) is 50.5 Å². The highest BCUT2D eigenvalue weighted by molar-refractivity contribution is 7.92. The zero-order valence-corrected chi connectivity index (χ0v) is 25.3. The first kappa shape index (κ1) is 31.5. The van der Waals surface area contributed by atoms with Crippen molar-refractivity contribution >= 4 is 50.7 Å². The van der Waals surface area contributed by atoms with Crippen molar-refractivity contribution < 1.29 is 18.0 Å². The van der Waals surface area contributed by atoms with E-state index in [-0.39, 0.29) is 34.6 Å². The van der Waals surface area contributed by atoms with Crippen molar-refractivity contribution in [3.05, 3.63) is 99.5 Å². The van der Waals surface area contributed by atoms with Gasteiger partial charge in [-0.05, 0) is 42.2 Å². The van der Waals surface area contributed by atoms with Gasteiger partial charge in [-0.2, -0.15) is 0 Å². The van der Waals surface area contributed by atoms with Crippen molar-refractivity contribution in [3.63, 3.8) is 0 Å². The van der Waals surface area contributed by atoms with E-state index in [1.54, 1.807) is 6.07 Å². The second kappa shape index (κ2) is 14.5. The van der Waals surface area contributed by atoms with Gasteiger partial charge in [0.1, 0.15) is 12.6 Å². The quantitative estimate of drug-likeness (QED) is 0.257. The van der Waals surface area contributed by atoms with E-state index in [4.69, 9.17) is 23.2 Å². The fourth-order valence-electron chi connectivity index (χ4n) is 4.31. The number of aryl methyl sites for hydroxylation is 1. The molecule has 0 saturated carbocycles. The molecule has 0 aromatic heterocycles. The van der Waals surface area contributed by atoms with Gasteiger partial charge in [-0.1, -0.05) is 97.2 Å². The van der Waals surface area contributed by atoms with Gasteiger partial charge < -0.3 is 10.2 Å². The highest BCUT2D eigenvalue weighted by atomic mass is 35.5. The number of unbranched alkanes of at least 4 members (excludes halogenated alkanes) is 1. The first-order valence-corrected chi connectivity index (χ1v) is 15.7. The van der Waals surface area contributed by atoms with Crippen LogP contribution in [0.3, 0.4) is 0 Å². The van der Waals surface area contributed by atoms with Gasteiger partial charge in [-0.3, -0.25) is 13.9 Å². The Balaban J connectivity index is 2.07. The molecule has 0 unspecified atom stereocenters. The van der Waals surface area contributed by atoms with Crippen molar-refractivity contribution in [2.24, 2.45) is 0 Å². The Labute approximate surface area is 247 Å². The number of nitrogens with zero attached hydrogens (tertiary/aromatic N) is 2. The molecule has 7 nitrogen and oxygen atoms in total. The van der Waals surface area contributed by atoms with Crippen LogP contribution in [0.5, 0.6) is 0 Å². The van der Waals surface area contributed by atoms with Crippen LogP contribution in [0.2, 0.25) is 10.0 Å². The summed E-state index contributed by atoms with van der Waals surface area (Å²) < 4.78 is 26.8. The molecule has 0 spiro atoms. The Morgan fingerprint density at radius 2 is 1.62 bits per heavy atom.